The second-order valence-corrected chi connectivity index (χ2v) is 5.07. The van der Waals surface area contributed by atoms with E-state index in [1.807, 2.05) is 13.1 Å². The third-order valence-electron chi connectivity index (χ3n) is 3.38. The zero-order chi connectivity index (χ0) is 12.4. The van der Waals surface area contributed by atoms with Gasteiger partial charge in [-0.2, -0.15) is 0 Å². The molecule has 0 spiro atoms. The lowest BCUT2D eigenvalue weighted by molar-refractivity contribution is 0.341. The molecule has 4 heteroatoms. The first-order valence-corrected chi connectivity index (χ1v) is 6.62. The van der Waals surface area contributed by atoms with Crippen molar-refractivity contribution in [3.05, 3.63) is 21.7 Å². The number of rotatable bonds is 3. The lowest BCUT2D eigenvalue weighted by Crippen LogP contribution is -2.23. The highest BCUT2D eigenvalue weighted by Gasteiger charge is 2.27. The minimum atomic E-state index is 0.347. The molecule has 0 aliphatic heterocycles. The Kier molecular flexibility index (Phi) is 3.94. The van der Waals surface area contributed by atoms with E-state index < -0.39 is 0 Å². The normalized spacial score (nSPS) is 18.7. The molecule has 0 saturated carbocycles. The Morgan fingerprint density at radius 3 is 2.71 bits per heavy atom. The van der Waals surface area contributed by atoms with Crippen LogP contribution in [0.3, 0.4) is 0 Å². The van der Waals surface area contributed by atoms with Crippen molar-refractivity contribution in [2.24, 2.45) is 0 Å². The summed E-state index contributed by atoms with van der Waals surface area (Å²) in [5, 5.41) is 3.36. The quantitative estimate of drug-likeness (QED) is 0.930. The molecule has 94 valence electrons. The molecule has 1 aromatic rings. The van der Waals surface area contributed by atoms with Crippen molar-refractivity contribution >= 4 is 15.9 Å². The van der Waals surface area contributed by atoms with Crippen molar-refractivity contribution < 1.29 is 9.47 Å². The predicted octanol–water partition coefficient (Wildman–Crippen LogP) is 3.06. The molecule has 0 bridgehead atoms. The predicted molar refractivity (Wildman–Crippen MR) is 72.0 cm³/mol. The zero-order valence-electron chi connectivity index (χ0n) is 10.5. The molecule has 0 fully saturated rings. The van der Waals surface area contributed by atoms with Crippen LogP contribution in [0.1, 0.15) is 30.0 Å². The minimum Gasteiger partial charge on any atom is -0.493 e. The van der Waals surface area contributed by atoms with Crippen LogP contribution in [0.25, 0.3) is 0 Å². The van der Waals surface area contributed by atoms with E-state index in [2.05, 4.69) is 21.2 Å². The van der Waals surface area contributed by atoms with Crippen molar-refractivity contribution in [2.45, 2.75) is 25.3 Å². The number of methoxy groups -OCH3 is 2. The Hall–Kier alpha value is -0.740. The standard InChI is InChI=1S/C13H18BrNO2/c1-15-10-6-4-5-8-9(14)7-11(16-2)13(17-3)12(8)10/h7,10,15H,4-6H2,1-3H3. The van der Waals surface area contributed by atoms with Gasteiger partial charge in [-0.15, -0.1) is 0 Å². The molecule has 3 nitrogen and oxygen atoms in total. The summed E-state index contributed by atoms with van der Waals surface area (Å²) >= 11 is 3.63. The zero-order valence-corrected chi connectivity index (χ0v) is 12.1. The molecular formula is C13H18BrNO2. The van der Waals surface area contributed by atoms with E-state index in [-0.39, 0.29) is 0 Å². The molecule has 1 aromatic carbocycles. The van der Waals surface area contributed by atoms with E-state index in [0.717, 1.165) is 28.8 Å². The molecule has 0 saturated heterocycles. The highest BCUT2D eigenvalue weighted by atomic mass is 79.9. The molecule has 2 rings (SSSR count). The molecular weight excluding hydrogens is 282 g/mol. The Morgan fingerprint density at radius 2 is 2.12 bits per heavy atom. The van der Waals surface area contributed by atoms with Gasteiger partial charge >= 0.3 is 0 Å². The smallest absolute Gasteiger partial charge is 0.165 e. The van der Waals surface area contributed by atoms with Gasteiger partial charge in [0.25, 0.3) is 0 Å². The summed E-state index contributed by atoms with van der Waals surface area (Å²) in [6.07, 6.45) is 3.43. The minimum absolute atomic E-state index is 0.347. The van der Waals surface area contributed by atoms with E-state index in [1.165, 1.54) is 17.5 Å². The van der Waals surface area contributed by atoms with Crippen LogP contribution in [0.15, 0.2) is 10.5 Å². The molecule has 0 heterocycles. The Morgan fingerprint density at radius 1 is 1.35 bits per heavy atom. The Balaban J connectivity index is 2.64. The highest BCUT2D eigenvalue weighted by Crippen LogP contribution is 2.45. The average molecular weight is 300 g/mol. The van der Waals surface area contributed by atoms with Crippen LogP contribution in [0.5, 0.6) is 11.5 Å². The molecule has 17 heavy (non-hydrogen) atoms. The van der Waals surface area contributed by atoms with Gasteiger partial charge in [0.05, 0.1) is 14.2 Å². The van der Waals surface area contributed by atoms with E-state index >= 15 is 0 Å². The summed E-state index contributed by atoms with van der Waals surface area (Å²) in [5.41, 5.74) is 2.58. The van der Waals surface area contributed by atoms with Crippen LogP contribution >= 0.6 is 15.9 Å². The molecule has 1 aliphatic carbocycles. The largest absolute Gasteiger partial charge is 0.493 e. The Labute approximate surface area is 111 Å². The molecule has 1 N–H and O–H groups in total. The first-order valence-electron chi connectivity index (χ1n) is 5.83. The topological polar surface area (TPSA) is 30.5 Å². The van der Waals surface area contributed by atoms with E-state index in [1.54, 1.807) is 14.2 Å². The molecule has 1 aliphatic rings. The molecule has 1 atom stereocenters. The van der Waals surface area contributed by atoms with Gasteiger partial charge in [0.2, 0.25) is 0 Å². The van der Waals surface area contributed by atoms with Crippen molar-refractivity contribution in [3.63, 3.8) is 0 Å². The Bertz CT molecular complexity index is 420. The van der Waals surface area contributed by atoms with Crippen LogP contribution in [-0.2, 0) is 6.42 Å². The maximum atomic E-state index is 5.54. The van der Waals surface area contributed by atoms with Gasteiger partial charge in [0.15, 0.2) is 11.5 Å². The maximum absolute atomic E-state index is 5.54. The van der Waals surface area contributed by atoms with Crippen LogP contribution in [0.4, 0.5) is 0 Å². The molecule has 0 amide bonds. The van der Waals surface area contributed by atoms with Gasteiger partial charge in [-0.25, -0.2) is 0 Å². The van der Waals surface area contributed by atoms with Gasteiger partial charge in [0.1, 0.15) is 0 Å². The van der Waals surface area contributed by atoms with E-state index in [9.17, 15) is 0 Å². The fourth-order valence-electron chi connectivity index (χ4n) is 2.57. The fourth-order valence-corrected chi connectivity index (χ4v) is 3.19. The van der Waals surface area contributed by atoms with Gasteiger partial charge in [-0.3, -0.25) is 0 Å². The number of hydrogen-bond acceptors (Lipinski definition) is 3. The number of benzene rings is 1. The van der Waals surface area contributed by atoms with E-state index in [0.29, 0.717) is 6.04 Å². The summed E-state index contributed by atoms with van der Waals surface area (Å²) in [6.45, 7) is 0. The lowest BCUT2D eigenvalue weighted by Gasteiger charge is -2.29. The first kappa shape index (κ1) is 12.7. The summed E-state index contributed by atoms with van der Waals surface area (Å²) < 4.78 is 12.0. The SMILES string of the molecule is CNC1CCCc2c(Br)cc(OC)c(OC)c21. The number of ether oxygens (including phenoxy) is 2. The summed E-state index contributed by atoms with van der Waals surface area (Å²) in [5.74, 6) is 1.66. The summed E-state index contributed by atoms with van der Waals surface area (Å²) in [4.78, 5) is 0. The van der Waals surface area contributed by atoms with Crippen molar-refractivity contribution in [1.82, 2.24) is 5.32 Å². The number of nitrogens with one attached hydrogen (secondary N) is 1. The van der Waals surface area contributed by atoms with E-state index in [4.69, 9.17) is 9.47 Å². The van der Waals surface area contributed by atoms with Gasteiger partial charge in [-0.05, 0) is 37.9 Å². The van der Waals surface area contributed by atoms with Crippen LogP contribution in [0, 0.1) is 0 Å². The van der Waals surface area contributed by atoms with Crippen LogP contribution in [-0.4, -0.2) is 21.3 Å². The second kappa shape index (κ2) is 5.27. The third-order valence-corrected chi connectivity index (χ3v) is 4.09. The number of hydrogen-bond donors (Lipinski definition) is 1. The highest BCUT2D eigenvalue weighted by molar-refractivity contribution is 9.10. The van der Waals surface area contributed by atoms with Crippen LogP contribution < -0.4 is 14.8 Å². The van der Waals surface area contributed by atoms with Gasteiger partial charge < -0.3 is 14.8 Å². The first-order chi connectivity index (χ1) is 8.22. The fraction of sp³-hybridized carbons (Fsp3) is 0.538. The second-order valence-electron chi connectivity index (χ2n) is 4.22. The number of halogens is 1. The van der Waals surface area contributed by atoms with Gasteiger partial charge in [0, 0.05) is 16.1 Å². The molecule has 1 unspecified atom stereocenters. The van der Waals surface area contributed by atoms with Crippen molar-refractivity contribution in [3.8, 4) is 11.5 Å². The third kappa shape index (κ3) is 2.16. The summed E-state index contributed by atoms with van der Waals surface area (Å²) in [7, 11) is 5.37. The molecule has 0 aromatic heterocycles. The van der Waals surface area contributed by atoms with Gasteiger partial charge in [-0.1, -0.05) is 15.9 Å². The van der Waals surface area contributed by atoms with Crippen molar-refractivity contribution in [2.75, 3.05) is 21.3 Å². The molecule has 0 radical (unpaired) electrons. The summed E-state index contributed by atoms with van der Waals surface area (Å²) in [6, 6.07) is 2.34. The average Bonchev–Trinajstić information content (AvgIpc) is 2.37. The number of fused-ring (bicyclic) bond motifs is 1. The monoisotopic (exact) mass is 299 g/mol. The maximum Gasteiger partial charge on any atom is 0.165 e. The van der Waals surface area contributed by atoms with Crippen molar-refractivity contribution in [1.29, 1.82) is 0 Å². The lowest BCUT2D eigenvalue weighted by atomic mass is 9.86. The van der Waals surface area contributed by atoms with Crippen LogP contribution in [0.2, 0.25) is 0 Å².